The lowest BCUT2D eigenvalue weighted by Crippen LogP contribution is -2.33. The van der Waals surface area contributed by atoms with Gasteiger partial charge in [-0.05, 0) is 65.6 Å². The molecule has 1 aliphatic rings. The number of halogens is 3. The first-order valence-corrected chi connectivity index (χ1v) is 13.9. The molecule has 0 saturated carbocycles. The monoisotopic (exact) mass is 560 g/mol. The number of nitrogens with zero attached hydrogens (tertiary/aromatic N) is 1. The van der Waals surface area contributed by atoms with E-state index in [0.717, 1.165) is 17.7 Å². The van der Waals surface area contributed by atoms with E-state index in [-0.39, 0.29) is 48.1 Å². The lowest BCUT2D eigenvalue weighted by Gasteiger charge is -2.25. The fourth-order valence-electron chi connectivity index (χ4n) is 4.42. The molecule has 0 spiro atoms. The first kappa shape index (κ1) is 28.3. The van der Waals surface area contributed by atoms with Crippen LogP contribution in [0.25, 0.3) is 0 Å². The summed E-state index contributed by atoms with van der Waals surface area (Å²) in [4.78, 5) is 26.8. The lowest BCUT2D eigenvalue weighted by atomic mass is 9.98. The molecule has 2 amide bonds. The highest BCUT2D eigenvalue weighted by atomic mass is 32.2. The van der Waals surface area contributed by atoms with E-state index in [9.17, 15) is 31.2 Å². The van der Waals surface area contributed by atoms with Gasteiger partial charge in [0.2, 0.25) is 11.8 Å². The van der Waals surface area contributed by atoms with Gasteiger partial charge >= 0.3 is 6.18 Å². The number of nitrogens with two attached hydrogens (primary N) is 1. The molecule has 1 unspecified atom stereocenters. The van der Waals surface area contributed by atoms with E-state index in [1.165, 1.54) is 35.2 Å². The fraction of sp³-hybridized carbons (Fsp3) is 0.286. The van der Waals surface area contributed by atoms with Gasteiger partial charge in [-0.25, -0.2) is 8.42 Å². The van der Waals surface area contributed by atoms with Crippen LogP contribution in [-0.2, 0) is 32.0 Å². The van der Waals surface area contributed by atoms with E-state index in [0.29, 0.717) is 16.8 Å². The summed E-state index contributed by atoms with van der Waals surface area (Å²) in [5.41, 5.74) is 7.31. The maximum Gasteiger partial charge on any atom is 0.416 e. The minimum atomic E-state index is -4.46. The number of alkyl halides is 3. The normalized spacial score (nSPS) is 16.7. The number of ether oxygens (including phenoxy) is 1. The van der Waals surface area contributed by atoms with Gasteiger partial charge in [0.1, 0.15) is 6.10 Å². The van der Waals surface area contributed by atoms with Gasteiger partial charge in [0, 0.05) is 11.3 Å². The van der Waals surface area contributed by atoms with Crippen molar-refractivity contribution >= 4 is 27.3 Å². The molecular formula is C28H27F3N2O5S. The van der Waals surface area contributed by atoms with Crippen LogP contribution >= 0.6 is 0 Å². The number of amides is 2. The third-order valence-electron chi connectivity index (χ3n) is 6.62. The van der Waals surface area contributed by atoms with Gasteiger partial charge < -0.3 is 15.4 Å². The summed E-state index contributed by atoms with van der Waals surface area (Å²) in [6.07, 6.45) is -4.81. The number of primary amides is 1. The maximum atomic E-state index is 13.0. The van der Waals surface area contributed by atoms with Crippen molar-refractivity contribution in [3.8, 4) is 0 Å². The molecule has 1 aliphatic heterocycles. The molecule has 7 nitrogen and oxygen atoms in total. The van der Waals surface area contributed by atoms with Crippen LogP contribution in [0, 0.1) is 0 Å². The second kappa shape index (κ2) is 11.2. The highest BCUT2D eigenvalue weighted by molar-refractivity contribution is 7.91. The second-order valence-electron chi connectivity index (χ2n) is 9.16. The average Bonchev–Trinajstić information content (AvgIpc) is 3.10. The number of carbonyl (C=O) groups excluding carboxylic acids is 2. The molecule has 4 rings (SSSR count). The van der Waals surface area contributed by atoms with Crippen molar-refractivity contribution in [2.45, 2.75) is 36.9 Å². The summed E-state index contributed by atoms with van der Waals surface area (Å²) in [7, 11) is -3.36. The summed E-state index contributed by atoms with van der Waals surface area (Å²) in [6.45, 7) is 1.72. The topological polar surface area (TPSA) is 107 Å². The summed E-state index contributed by atoms with van der Waals surface area (Å²) in [6, 6.07) is 15.7. The molecule has 1 atom stereocenters. The standard InChI is InChI=1S/C28H27F3N2O5S/c1-2-39(36,37)23-10-3-18(4-11-23)15-20-16-22(9-12-24(20)27(32)35)33-17-25(38-14-13-26(33)34)19-5-7-21(8-6-19)28(29,30)31/h3-12,16,25H,2,13-15,17H2,1H3,(H2,32,35). The molecular weight excluding hydrogens is 533 g/mol. The van der Waals surface area contributed by atoms with Crippen molar-refractivity contribution in [1.82, 2.24) is 0 Å². The van der Waals surface area contributed by atoms with Crippen LogP contribution in [0.4, 0.5) is 18.9 Å². The minimum absolute atomic E-state index is 0.0265. The molecule has 1 saturated heterocycles. The molecule has 11 heteroatoms. The number of rotatable bonds is 7. The summed E-state index contributed by atoms with van der Waals surface area (Å²) in [5.74, 6) is -0.924. The summed E-state index contributed by atoms with van der Waals surface area (Å²) >= 11 is 0. The van der Waals surface area contributed by atoms with Crippen LogP contribution < -0.4 is 10.6 Å². The number of hydrogen-bond acceptors (Lipinski definition) is 5. The van der Waals surface area contributed by atoms with Crippen molar-refractivity contribution in [1.29, 1.82) is 0 Å². The van der Waals surface area contributed by atoms with Gasteiger partial charge in [0.15, 0.2) is 9.84 Å². The molecule has 0 aliphatic carbocycles. The number of carbonyl (C=O) groups is 2. The Bertz CT molecular complexity index is 1470. The van der Waals surface area contributed by atoms with Crippen LogP contribution in [0.5, 0.6) is 0 Å². The van der Waals surface area contributed by atoms with E-state index in [1.54, 1.807) is 31.2 Å². The smallest absolute Gasteiger partial charge is 0.371 e. The Hall–Kier alpha value is -3.70. The van der Waals surface area contributed by atoms with Crippen LogP contribution in [0.1, 0.15) is 52.1 Å². The van der Waals surface area contributed by atoms with Crippen molar-refractivity contribution in [3.05, 3.63) is 94.5 Å². The van der Waals surface area contributed by atoms with Crippen molar-refractivity contribution in [3.63, 3.8) is 0 Å². The number of sulfone groups is 1. The zero-order chi connectivity index (χ0) is 28.4. The van der Waals surface area contributed by atoms with E-state index in [4.69, 9.17) is 10.5 Å². The van der Waals surface area contributed by atoms with Crippen LogP contribution in [0.3, 0.4) is 0 Å². The first-order chi connectivity index (χ1) is 18.4. The fourth-order valence-corrected chi connectivity index (χ4v) is 5.30. The number of anilines is 1. The van der Waals surface area contributed by atoms with Gasteiger partial charge in [-0.1, -0.05) is 31.2 Å². The third kappa shape index (κ3) is 6.48. The molecule has 1 heterocycles. The quantitative estimate of drug-likeness (QED) is 0.452. The Balaban J connectivity index is 1.63. The van der Waals surface area contributed by atoms with Crippen LogP contribution in [-0.4, -0.2) is 39.1 Å². The molecule has 2 N–H and O–H groups in total. The maximum absolute atomic E-state index is 13.0. The van der Waals surface area contributed by atoms with E-state index in [1.807, 2.05) is 0 Å². The van der Waals surface area contributed by atoms with Gasteiger partial charge in [-0.2, -0.15) is 13.2 Å². The van der Waals surface area contributed by atoms with Crippen molar-refractivity contribution in [2.75, 3.05) is 23.8 Å². The molecule has 39 heavy (non-hydrogen) atoms. The van der Waals surface area contributed by atoms with Crippen molar-refractivity contribution < 1.29 is 35.9 Å². The third-order valence-corrected chi connectivity index (χ3v) is 8.37. The van der Waals surface area contributed by atoms with Gasteiger partial charge in [0.05, 0.1) is 35.8 Å². The minimum Gasteiger partial charge on any atom is -0.371 e. The Morgan fingerprint density at radius 1 is 1.05 bits per heavy atom. The highest BCUT2D eigenvalue weighted by Crippen LogP contribution is 2.32. The molecule has 0 bridgehead atoms. The van der Waals surface area contributed by atoms with Gasteiger partial charge in [-0.3, -0.25) is 9.59 Å². The van der Waals surface area contributed by atoms with Crippen LogP contribution in [0.15, 0.2) is 71.6 Å². The Kier molecular flexibility index (Phi) is 8.12. The second-order valence-corrected chi connectivity index (χ2v) is 11.4. The zero-order valence-electron chi connectivity index (χ0n) is 21.1. The largest absolute Gasteiger partial charge is 0.416 e. The Morgan fingerprint density at radius 3 is 2.31 bits per heavy atom. The molecule has 0 aromatic heterocycles. The molecule has 3 aromatic rings. The SMILES string of the molecule is CCS(=O)(=O)c1ccc(Cc2cc(N3CC(c4ccc(C(F)(F)F)cc4)OCCC3=O)ccc2C(N)=O)cc1. The van der Waals surface area contributed by atoms with E-state index < -0.39 is 33.6 Å². The Morgan fingerprint density at radius 2 is 1.72 bits per heavy atom. The van der Waals surface area contributed by atoms with Gasteiger partial charge in [0.25, 0.3) is 0 Å². The molecule has 0 radical (unpaired) electrons. The van der Waals surface area contributed by atoms with E-state index in [2.05, 4.69) is 0 Å². The van der Waals surface area contributed by atoms with E-state index >= 15 is 0 Å². The molecule has 3 aromatic carbocycles. The van der Waals surface area contributed by atoms with Crippen molar-refractivity contribution in [2.24, 2.45) is 5.73 Å². The lowest BCUT2D eigenvalue weighted by molar-refractivity contribution is -0.137. The Labute approximate surface area is 224 Å². The molecule has 1 fully saturated rings. The van der Waals surface area contributed by atoms with Gasteiger partial charge in [-0.15, -0.1) is 0 Å². The summed E-state index contributed by atoms with van der Waals surface area (Å²) < 4.78 is 69.0. The average molecular weight is 561 g/mol. The highest BCUT2D eigenvalue weighted by Gasteiger charge is 2.31. The predicted molar refractivity (Wildman–Crippen MR) is 139 cm³/mol. The molecule has 206 valence electrons. The predicted octanol–water partition coefficient (Wildman–Crippen LogP) is 4.68. The summed E-state index contributed by atoms with van der Waals surface area (Å²) in [5, 5.41) is 0. The zero-order valence-corrected chi connectivity index (χ0v) is 21.9. The number of hydrogen-bond donors (Lipinski definition) is 1. The number of benzene rings is 3. The van der Waals surface area contributed by atoms with Crippen LogP contribution in [0.2, 0.25) is 0 Å². The first-order valence-electron chi connectivity index (χ1n) is 12.2.